The zero-order chi connectivity index (χ0) is 21.2. The van der Waals surface area contributed by atoms with Crippen molar-refractivity contribution < 1.29 is 40.6 Å². The third-order valence-electron chi connectivity index (χ3n) is 2.79. The average molecular weight is 414 g/mol. The first kappa shape index (κ1) is 22.7. The van der Waals surface area contributed by atoms with Gasteiger partial charge in [0.1, 0.15) is 0 Å². The molecular weight excluding hydrogens is 399 g/mol. The first-order valence-electron chi connectivity index (χ1n) is 7.24. The number of pyridine rings is 2. The number of rotatable bonds is 7. The number of esters is 1. The molecule has 0 unspecified atom stereocenters. The molecule has 0 aromatic carbocycles. The van der Waals surface area contributed by atoms with Gasteiger partial charge < -0.3 is 14.0 Å². The van der Waals surface area contributed by atoms with E-state index in [9.17, 15) is 22.4 Å². The molecule has 0 spiro atoms. The summed E-state index contributed by atoms with van der Waals surface area (Å²) in [5.41, 5.74) is 0.225. The van der Waals surface area contributed by atoms with E-state index in [4.69, 9.17) is 5.11 Å². The number of carboxylic acids is 1. The largest absolute Gasteiger partial charge is 0.476 e. The minimum absolute atomic E-state index is 0.0440. The van der Waals surface area contributed by atoms with Crippen LogP contribution in [0.3, 0.4) is 0 Å². The van der Waals surface area contributed by atoms with E-state index < -0.39 is 34.9 Å². The van der Waals surface area contributed by atoms with Crippen molar-refractivity contribution in [1.82, 2.24) is 9.97 Å². The van der Waals surface area contributed by atoms with Gasteiger partial charge in [-0.15, -0.1) is 0 Å². The van der Waals surface area contributed by atoms with Crippen LogP contribution in [0.1, 0.15) is 26.5 Å². The van der Waals surface area contributed by atoms with Crippen LogP contribution in [0.2, 0.25) is 0 Å². The van der Waals surface area contributed by atoms with Crippen molar-refractivity contribution in [3.05, 3.63) is 60.2 Å². The van der Waals surface area contributed by atoms with Crippen LogP contribution in [0.15, 0.2) is 43.2 Å². The Morgan fingerprint density at radius 3 is 2.32 bits per heavy atom. The number of hydrogen-bond donors (Lipinski definition) is 1. The molecule has 12 heteroatoms. The van der Waals surface area contributed by atoms with E-state index in [1.165, 1.54) is 24.5 Å². The van der Waals surface area contributed by atoms with E-state index in [2.05, 4.69) is 29.6 Å². The number of nitrogens with zero attached hydrogens (tertiary/aromatic N) is 2. The van der Waals surface area contributed by atoms with E-state index in [1.54, 1.807) is 12.1 Å². The van der Waals surface area contributed by atoms with Gasteiger partial charge in [0.05, 0.1) is 7.11 Å². The van der Waals surface area contributed by atoms with E-state index in [1.807, 2.05) is 0 Å². The highest BCUT2D eigenvalue weighted by Gasteiger charge is 2.21. The van der Waals surface area contributed by atoms with Crippen LogP contribution in [-0.2, 0) is 19.3 Å². The summed E-state index contributed by atoms with van der Waals surface area (Å²) in [5, 5.41) is 8.59. The molecule has 2 rings (SSSR count). The quantitative estimate of drug-likeness (QED) is 0.667. The Balaban J connectivity index is 0.000000307. The molecule has 1 N–H and O–H groups in total. The van der Waals surface area contributed by atoms with Crippen molar-refractivity contribution in [3.8, 4) is 5.75 Å². The highest BCUT2D eigenvalue weighted by molar-refractivity contribution is 7.82. The first-order chi connectivity index (χ1) is 13.3. The summed E-state index contributed by atoms with van der Waals surface area (Å²) in [4.78, 5) is 28.9. The summed E-state index contributed by atoms with van der Waals surface area (Å²) in [6, 6.07) is 5.80. The molecule has 2 aromatic heterocycles. The van der Waals surface area contributed by atoms with Gasteiger partial charge in [0.15, 0.2) is 17.1 Å². The number of carbonyl (C=O) groups excluding carboxylic acids is 1. The molecule has 0 radical (unpaired) electrons. The zero-order valence-electron chi connectivity index (χ0n) is 14.4. The Bertz CT molecular complexity index is 949. The molecule has 0 saturated carbocycles. The fourth-order valence-electron chi connectivity index (χ4n) is 1.66. The lowest BCUT2D eigenvalue weighted by molar-refractivity contribution is 0.0590. The summed E-state index contributed by atoms with van der Waals surface area (Å²) < 4.78 is 46.1. The Labute approximate surface area is 159 Å². The number of hydrogen-bond acceptors (Lipinski definition) is 9. The first-order valence-corrected chi connectivity index (χ1v) is 8.58. The molecule has 0 aliphatic heterocycles. The van der Waals surface area contributed by atoms with Crippen LogP contribution in [-0.4, -0.2) is 49.4 Å². The fourth-order valence-corrected chi connectivity index (χ4v) is 2.17. The molecule has 2 aromatic rings. The fraction of sp³-hybridized carbons (Fsp3) is 0.125. The van der Waals surface area contributed by atoms with Gasteiger partial charge in [-0.05, 0) is 18.2 Å². The molecule has 0 atom stereocenters. The van der Waals surface area contributed by atoms with Gasteiger partial charge in [0.25, 0.3) is 0 Å². The lowest BCUT2D eigenvalue weighted by Crippen LogP contribution is -2.16. The predicted molar refractivity (Wildman–Crippen MR) is 93.5 cm³/mol. The predicted octanol–water partition coefficient (Wildman–Crippen LogP) is 1.86. The number of methoxy groups -OCH3 is 1. The second kappa shape index (κ2) is 10.7. The minimum atomic E-state index is -4.57. The summed E-state index contributed by atoms with van der Waals surface area (Å²) in [6.45, 7) is 1.90. The SMILES string of the molecule is C=Cc1cccnc1C(=O)O.COC(=O)c1ncccc1OS(=O)(=O)OCF. The molecule has 10 nitrogen and oxygen atoms in total. The van der Waals surface area contributed by atoms with Gasteiger partial charge in [0, 0.05) is 18.0 Å². The second-order valence-electron chi connectivity index (χ2n) is 4.51. The monoisotopic (exact) mass is 414 g/mol. The number of alkyl halides is 1. The summed E-state index contributed by atoms with van der Waals surface area (Å²) in [7, 11) is -3.48. The molecule has 0 bridgehead atoms. The van der Waals surface area contributed by atoms with Gasteiger partial charge in [-0.1, -0.05) is 18.7 Å². The summed E-state index contributed by atoms with van der Waals surface area (Å²) in [6.07, 6.45) is 4.15. The molecule has 150 valence electrons. The van der Waals surface area contributed by atoms with E-state index in [0.717, 1.165) is 13.2 Å². The Kier molecular flexibility index (Phi) is 8.65. The highest BCUT2D eigenvalue weighted by atomic mass is 32.3. The van der Waals surface area contributed by atoms with Crippen molar-refractivity contribution in [3.63, 3.8) is 0 Å². The zero-order valence-corrected chi connectivity index (χ0v) is 15.3. The number of carbonyl (C=O) groups is 2. The summed E-state index contributed by atoms with van der Waals surface area (Å²) in [5.74, 6) is -2.33. The van der Waals surface area contributed by atoms with Gasteiger partial charge in [-0.2, -0.15) is 8.42 Å². The Morgan fingerprint density at radius 1 is 1.21 bits per heavy atom. The number of ether oxygens (including phenoxy) is 1. The maximum atomic E-state index is 11.7. The number of aromatic carboxylic acids is 1. The Morgan fingerprint density at radius 2 is 1.82 bits per heavy atom. The minimum Gasteiger partial charge on any atom is -0.476 e. The van der Waals surface area contributed by atoms with E-state index in [-0.39, 0.29) is 11.4 Å². The Hall–Kier alpha value is -3.38. The van der Waals surface area contributed by atoms with E-state index >= 15 is 0 Å². The maximum Gasteiger partial charge on any atom is 0.451 e. The van der Waals surface area contributed by atoms with Crippen molar-refractivity contribution >= 4 is 28.4 Å². The normalized spacial score (nSPS) is 10.2. The van der Waals surface area contributed by atoms with Crippen LogP contribution < -0.4 is 4.18 Å². The third-order valence-corrected chi connectivity index (χ3v) is 3.55. The number of carboxylic acid groups (broad SMARTS) is 1. The van der Waals surface area contributed by atoms with Gasteiger partial charge in [-0.3, -0.25) is 0 Å². The van der Waals surface area contributed by atoms with Crippen molar-refractivity contribution in [2.45, 2.75) is 0 Å². The van der Waals surface area contributed by atoms with Gasteiger partial charge >= 0.3 is 22.3 Å². The van der Waals surface area contributed by atoms with Crippen LogP contribution in [0.5, 0.6) is 5.75 Å². The molecule has 0 saturated heterocycles. The third kappa shape index (κ3) is 6.74. The van der Waals surface area contributed by atoms with Gasteiger partial charge in [-0.25, -0.2) is 28.1 Å². The summed E-state index contributed by atoms with van der Waals surface area (Å²) >= 11 is 0. The molecule has 2 heterocycles. The molecule has 0 aliphatic carbocycles. The number of aromatic nitrogens is 2. The maximum absolute atomic E-state index is 11.7. The smallest absolute Gasteiger partial charge is 0.451 e. The van der Waals surface area contributed by atoms with Crippen LogP contribution >= 0.6 is 0 Å². The number of halogens is 1. The molecular formula is C16H15FN2O8S. The molecule has 0 amide bonds. The van der Waals surface area contributed by atoms with Crippen LogP contribution in [0, 0.1) is 0 Å². The van der Waals surface area contributed by atoms with Crippen molar-refractivity contribution in [2.24, 2.45) is 0 Å². The second-order valence-corrected chi connectivity index (χ2v) is 5.73. The van der Waals surface area contributed by atoms with Crippen molar-refractivity contribution in [2.75, 3.05) is 14.0 Å². The molecule has 28 heavy (non-hydrogen) atoms. The van der Waals surface area contributed by atoms with Gasteiger partial charge in [0.2, 0.25) is 6.86 Å². The van der Waals surface area contributed by atoms with Crippen LogP contribution in [0.4, 0.5) is 4.39 Å². The highest BCUT2D eigenvalue weighted by Crippen LogP contribution is 2.18. The molecule has 0 fully saturated rings. The topological polar surface area (TPSA) is 142 Å². The lowest BCUT2D eigenvalue weighted by atomic mass is 10.2. The van der Waals surface area contributed by atoms with Crippen molar-refractivity contribution in [1.29, 1.82) is 0 Å². The standard InChI is InChI=1S/C8H8FNO6S.C8H7NO2/c1-14-8(11)7-6(3-2-4-10-7)16-17(12,13)15-5-9;1-2-6-4-3-5-9-7(6)8(10)11/h2-4H,5H2,1H3;2-5H,1H2,(H,10,11). The van der Waals surface area contributed by atoms with Crippen LogP contribution in [0.25, 0.3) is 6.08 Å². The van der Waals surface area contributed by atoms with E-state index in [0.29, 0.717) is 5.56 Å². The lowest BCUT2D eigenvalue weighted by Gasteiger charge is -2.07. The molecule has 0 aliphatic rings. The average Bonchev–Trinajstić information content (AvgIpc) is 2.67.